The summed E-state index contributed by atoms with van der Waals surface area (Å²) in [5.74, 6) is 0.648. The molecule has 0 heterocycles. The Bertz CT molecular complexity index is 478. The van der Waals surface area contributed by atoms with Crippen molar-refractivity contribution in [1.29, 1.82) is 0 Å². The van der Waals surface area contributed by atoms with Crippen molar-refractivity contribution in [2.75, 3.05) is 0 Å². The van der Waals surface area contributed by atoms with Gasteiger partial charge in [0.2, 0.25) is 0 Å². The third-order valence-corrected chi connectivity index (χ3v) is 5.27. The zero-order chi connectivity index (χ0) is 15.0. The molecule has 1 aromatic rings. The van der Waals surface area contributed by atoms with Gasteiger partial charge in [0.15, 0.2) is 0 Å². The van der Waals surface area contributed by atoms with E-state index in [-0.39, 0.29) is 0 Å². The summed E-state index contributed by atoms with van der Waals surface area (Å²) >= 11 is 12.4. The molecule has 3 heteroatoms. The quantitative estimate of drug-likeness (QED) is 0.649. The number of hydrogen-bond donors (Lipinski definition) is 1. The van der Waals surface area contributed by atoms with Gasteiger partial charge in [-0.05, 0) is 61.6 Å². The SMILES string of the molecule is CC(C)(C)C1CCCC(O)(c2cc(Cl)ccc2Cl)CC1. The Kier molecular flexibility index (Phi) is 4.73. The fourth-order valence-electron chi connectivity index (χ4n) is 3.31. The minimum absolute atomic E-state index is 0.295. The van der Waals surface area contributed by atoms with Crippen molar-refractivity contribution in [3.63, 3.8) is 0 Å². The Balaban J connectivity index is 2.25. The molecule has 0 aromatic heterocycles. The number of benzene rings is 1. The number of rotatable bonds is 1. The topological polar surface area (TPSA) is 20.2 Å². The molecule has 20 heavy (non-hydrogen) atoms. The van der Waals surface area contributed by atoms with Crippen molar-refractivity contribution in [2.24, 2.45) is 11.3 Å². The molecule has 1 aliphatic rings. The summed E-state index contributed by atoms with van der Waals surface area (Å²) in [6, 6.07) is 5.37. The normalized spacial score (nSPS) is 28.2. The molecule has 2 atom stereocenters. The smallest absolute Gasteiger partial charge is 0.0911 e. The first kappa shape index (κ1) is 16.1. The Morgan fingerprint density at radius 2 is 1.85 bits per heavy atom. The molecule has 0 saturated heterocycles. The minimum Gasteiger partial charge on any atom is -0.385 e. The van der Waals surface area contributed by atoms with E-state index in [2.05, 4.69) is 20.8 Å². The van der Waals surface area contributed by atoms with Gasteiger partial charge in [-0.2, -0.15) is 0 Å². The van der Waals surface area contributed by atoms with Crippen LogP contribution in [0.5, 0.6) is 0 Å². The predicted octanol–water partition coefficient (Wildman–Crippen LogP) is 5.81. The van der Waals surface area contributed by atoms with E-state index in [1.807, 2.05) is 6.07 Å². The van der Waals surface area contributed by atoms with Gasteiger partial charge in [-0.25, -0.2) is 0 Å². The highest BCUT2D eigenvalue weighted by Crippen LogP contribution is 2.45. The molecule has 2 rings (SSSR count). The Hall–Kier alpha value is -0.240. The average molecular weight is 315 g/mol. The molecule has 0 radical (unpaired) electrons. The van der Waals surface area contributed by atoms with Gasteiger partial charge in [0, 0.05) is 15.6 Å². The van der Waals surface area contributed by atoms with Crippen molar-refractivity contribution < 1.29 is 5.11 Å². The standard InChI is InChI=1S/C17H24Cl2O/c1-16(2,3)12-5-4-9-17(20,10-8-12)14-11-13(18)6-7-15(14)19/h6-7,11-12,20H,4-5,8-10H2,1-3H3. The summed E-state index contributed by atoms with van der Waals surface area (Å²) in [5, 5.41) is 12.3. The third kappa shape index (κ3) is 3.50. The lowest BCUT2D eigenvalue weighted by Gasteiger charge is -2.31. The summed E-state index contributed by atoms with van der Waals surface area (Å²) in [6.45, 7) is 6.86. The van der Waals surface area contributed by atoms with Crippen LogP contribution in [0.2, 0.25) is 10.0 Å². The Labute approximate surface area is 132 Å². The van der Waals surface area contributed by atoms with Gasteiger partial charge >= 0.3 is 0 Å². The van der Waals surface area contributed by atoms with Gasteiger partial charge in [0.05, 0.1) is 5.60 Å². The highest BCUT2D eigenvalue weighted by atomic mass is 35.5. The lowest BCUT2D eigenvalue weighted by molar-refractivity contribution is 0.0181. The molecule has 2 unspecified atom stereocenters. The zero-order valence-electron chi connectivity index (χ0n) is 12.5. The molecule has 1 N–H and O–H groups in total. The van der Waals surface area contributed by atoms with Crippen LogP contribution in [0.1, 0.15) is 58.4 Å². The van der Waals surface area contributed by atoms with E-state index < -0.39 is 5.60 Å². The lowest BCUT2D eigenvalue weighted by Crippen LogP contribution is -2.26. The van der Waals surface area contributed by atoms with Crippen LogP contribution in [-0.2, 0) is 5.60 Å². The highest BCUT2D eigenvalue weighted by Gasteiger charge is 2.37. The number of hydrogen-bond acceptors (Lipinski definition) is 1. The second kappa shape index (κ2) is 5.87. The van der Waals surface area contributed by atoms with E-state index in [4.69, 9.17) is 23.2 Å². The Morgan fingerprint density at radius 3 is 2.50 bits per heavy atom. The van der Waals surface area contributed by atoms with Crippen molar-refractivity contribution in [1.82, 2.24) is 0 Å². The first-order valence-electron chi connectivity index (χ1n) is 7.40. The highest BCUT2D eigenvalue weighted by molar-refractivity contribution is 6.33. The fourth-order valence-corrected chi connectivity index (χ4v) is 3.78. The van der Waals surface area contributed by atoms with Crippen molar-refractivity contribution in [3.05, 3.63) is 33.8 Å². The first-order valence-corrected chi connectivity index (χ1v) is 8.16. The molecule has 1 aromatic carbocycles. The van der Waals surface area contributed by atoms with Gasteiger partial charge in [0.25, 0.3) is 0 Å². The van der Waals surface area contributed by atoms with Gasteiger partial charge in [-0.1, -0.05) is 44.0 Å². The summed E-state index contributed by atoms with van der Waals surface area (Å²) < 4.78 is 0. The molecular weight excluding hydrogens is 291 g/mol. The van der Waals surface area contributed by atoms with E-state index >= 15 is 0 Å². The molecule has 1 saturated carbocycles. The van der Waals surface area contributed by atoms with Gasteiger partial charge in [-0.3, -0.25) is 0 Å². The molecule has 1 fully saturated rings. The monoisotopic (exact) mass is 314 g/mol. The second-order valence-electron chi connectivity index (χ2n) is 7.15. The maximum Gasteiger partial charge on any atom is 0.0911 e. The van der Waals surface area contributed by atoms with Crippen molar-refractivity contribution >= 4 is 23.2 Å². The van der Waals surface area contributed by atoms with Crippen LogP contribution in [-0.4, -0.2) is 5.11 Å². The van der Waals surface area contributed by atoms with Crippen LogP contribution in [0.3, 0.4) is 0 Å². The molecule has 1 aliphatic carbocycles. The summed E-state index contributed by atoms with van der Waals surface area (Å²) in [6.07, 6.45) is 4.75. The zero-order valence-corrected chi connectivity index (χ0v) is 14.1. The summed E-state index contributed by atoms with van der Waals surface area (Å²) in [4.78, 5) is 0. The van der Waals surface area contributed by atoms with Crippen LogP contribution in [0, 0.1) is 11.3 Å². The molecule has 0 amide bonds. The fraction of sp³-hybridized carbons (Fsp3) is 0.647. The van der Waals surface area contributed by atoms with Crippen LogP contribution >= 0.6 is 23.2 Å². The summed E-state index contributed by atoms with van der Waals surface area (Å²) in [7, 11) is 0. The van der Waals surface area contributed by atoms with Crippen LogP contribution in [0.4, 0.5) is 0 Å². The predicted molar refractivity (Wildman–Crippen MR) is 86.4 cm³/mol. The summed E-state index contributed by atoms with van der Waals surface area (Å²) in [5.41, 5.74) is 0.256. The average Bonchev–Trinajstić information content (AvgIpc) is 2.55. The van der Waals surface area contributed by atoms with Crippen molar-refractivity contribution in [2.45, 2.75) is 58.5 Å². The van der Waals surface area contributed by atoms with E-state index in [0.29, 0.717) is 21.4 Å². The van der Waals surface area contributed by atoms with E-state index in [9.17, 15) is 5.11 Å². The van der Waals surface area contributed by atoms with Gasteiger partial charge in [0.1, 0.15) is 0 Å². The van der Waals surface area contributed by atoms with Crippen LogP contribution < -0.4 is 0 Å². The molecule has 0 spiro atoms. The van der Waals surface area contributed by atoms with Crippen LogP contribution in [0.25, 0.3) is 0 Å². The van der Waals surface area contributed by atoms with Crippen molar-refractivity contribution in [3.8, 4) is 0 Å². The van der Waals surface area contributed by atoms with Gasteiger partial charge in [-0.15, -0.1) is 0 Å². The molecular formula is C17H24Cl2O. The number of aliphatic hydroxyl groups is 1. The Morgan fingerprint density at radius 1 is 1.15 bits per heavy atom. The molecule has 1 nitrogen and oxygen atoms in total. The first-order chi connectivity index (χ1) is 9.22. The molecule has 112 valence electrons. The maximum absolute atomic E-state index is 11.1. The van der Waals surface area contributed by atoms with Gasteiger partial charge < -0.3 is 5.11 Å². The van der Waals surface area contributed by atoms with E-state index in [1.54, 1.807) is 12.1 Å². The second-order valence-corrected chi connectivity index (χ2v) is 7.99. The molecule has 0 aliphatic heterocycles. The number of halogens is 2. The third-order valence-electron chi connectivity index (χ3n) is 4.70. The minimum atomic E-state index is -0.831. The largest absolute Gasteiger partial charge is 0.385 e. The lowest BCUT2D eigenvalue weighted by atomic mass is 9.76. The van der Waals surface area contributed by atoms with E-state index in [0.717, 1.165) is 31.2 Å². The maximum atomic E-state index is 11.1. The van der Waals surface area contributed by atoms with Crippen LogP contribution in [0.15, 0.2) is 18.2 Å². The van der Waals surface area contributed by atoms with E-state index in [1.165, 1.54) is 6.42 Å². The molecule has 0 bridgehead atoms.